The van der Waals surface area contributed by atoms with E-state index in [4.69, 9.17) is 14.7 Å². The molecule has 3 heterocycles. The Morgan fingerprint density at radius 3 is 2.29 bits per heavy atom. The van der Waals surface area contributed by atoms with Gasteiger partial charge in [0.05, 0.1) is 29.4 Å². The number of hydrogen-bond donors (Lipinski definition) is 2. The highest BCUT2D eigenvalue weighted by atomic mass is 16.5. The summed E-state index contributed by atoms with van der Waals surface area (Å²) in [7, 11) is 0. The smallest absolute Gasteiger partial charge is 0.223 e. The number of rotatable bonds is 9. The molecule has 3 aliphatic carbocycles. The Labute approximate surface area is 224 Å². The monoisotopic (exact) mass is 508 g/mol. The van der Waals surface area contributed by atoms with Crippen LogP contribution in [0.2, 0.25) is 0 Å². The summed E-state index contributed by atoms with van der Waals surface area (Å²) in [5.41, 5.74) is 5.84. The van der Waals surface area contributed by atoms with E-state index in [0.717, 1.165) is 52.3 Å². The molecule has 3 fully saturated rings. The third kappa shape index (κ3) is 4.94. The maximum absolute atomic E-state index is 6.00. The summed E-state index contributed by atoms with van der Waals surface area (Å²) in [6.45, 7) is 0.812. The van der Waals surface area contributed by atoms with Gasteiger partial charge in [-0.1, -0.05) is 25.7 Å². The Bertz CT molecular complexity index is 1400. The van der Waals surface area contributed by atoms with Crippen molar-refractivity contribution in [3.8, 4) is 28.4 Å². The molecule has 0 spiro atoms. The van der Waals surface area contributed by atoms with Crippen molar-refractivity contribution < 1.29 is 4.74 Å². The van der Waals surface area contributed by atoms with Gasteiger partial charge in [0.2, 0.25) is 5.95 Å². The third-order valence-electron chi connectivity index (χ3n) is 8.26. The summed E-state index contributed by atoms with van der Waals surface area (Å²) >= 11 is 0. The molecule has 38 heavy (non-hydrogen) atoms. The molecule has 4 aromatic rings. The van der Waals surface area contributed by atoms with Crippen LogP contribution in [0.25, 0.3) is 28.3 Å². The summed E-state index contributed by atoms with van der Waals surface area (Å²) in [4.78, 5) is 14.8. The van der Waals surface area contributed by atoms with Crippen LogP contribution in [0.15, 0.2) is 54.9 Å². The van der Waals surface area contributed by atoms with E-state index < -0.39 is 0 Å². The van der Waals surface area contributed by atoms with Crippen LogP contribution < -0.4 is 15.4 Å². The zero-order valence-electron chi connectivity index (χ0n) is 21.9. The fraction of sp³-hybridized carbons (Fsp3) is 0.452. The Kier molecular flexibility index (Phi) is 6.35. The highest BCUT2D eigenvalue weighted by Gasteiger charge is 2.24. The lowest BCUT2D eigenvalue weighted by Gasteiger charge is -2.14. The fourth-order valence-electron chi connectivity index (χ4n) is 5.94. The Morgan fingerprint density at radius 2 is 1.55 bits per heavy atom. The summed E-state index contributed by atoms with van der Waals surface area (Å²) in [5, 5.41) is 7.35. The van der Waals surface area contributed by atoms with Gasteiger partial charge in [-0.25, -0.2) is 15.0 Å². The molecule has 0 saturated heterocycles. The summed E-state index contributed by atoms with van der Waals surface area (Å²) < 4.78 is 8.19. The normalized spacial score (nSPS) is 18.3. The first-order valence-corrected chi connectivity index (χ1v) is 14.4. The zero-order chi connectivity index (χ0) is 25.3. The molecule has 3 aromatic heterocycles. The molecule has 7 heteroatoms. The highest BCUT2D eigenvalue weighted by Crippen LogP contribution is 2.36. The predicted octanol–water partition coefficient (Wildman–Crippen LogP) is 6.96. The molecule has 3 aliphatic rings. The summed E-state index contributed by atoms with van der Waals surface area (Å²) in [6, 6.07) is 15.6. The minimum Gasteiger partial charge on any atom is -0.493 e. The molecule has 7 rings (SSSR count). The third-order valence-corrected chi connectivity index (χ3v) is 8.26. The lowest BCUT2D eigenvalue weighted by Crippen LogP contribution is -2.16. The van der Waals surface area contributed by atoms with Crippen LogP contribution in [0.3, 0.4) is 0 Å². The van der Waals surface area contributed by atoms with E-state index in [1.807, 2.05) is 12.3 Å². The number of aromatic nitrogens is 4. The molecular weight excluding hydrogens is 472 g/mol. The van der Waals surface area contributed by atoms with E-state index in [0.29, 0.717) is 18.0 Å². The van der Waals surface area contributed by atoms with Gasteiger partial charge in [0, 0.05) is 30.0 Å². The highest BCUT2D eigenvalue weighted by molar-refractivity contribution is 5.84. The van der Waals surface area contributed by atoms with E-state index in [9.17, 15) is 0 Å². The fourth-order valence-corrected chi connectivity index (χ4v) is 5.94. The molecule has 0 bridgehead atoms. The number of hydrogen-bond acceptors (Lipinski definition) is 6. The number of anilines is 2. The van der Waals surface area contributed by atoms with E-state index in [-0.39, 0.29) is 0 Å². The second-order valence-corrected chi connectivity index (χ2v) is 11.2. The molecular formula is C31H36N6O. The van der Waals surface area contributed by atoms with Crippen molar-refractivity contribution in [2.75, 3.05) is 17.2 Å². The summed E-state index contributed by atoms with van der Waals surface area (Å²) in [6.07, 6.45) is 16.4. The van der Waals surface area contributed by atoms with E-state index >= 15 is 0 Å². The topological polar surface area (TPSA) is 76.4 Å². The predicted molar refractivity (Wildman–Crippen MR) is 152 cm³/mol. The van der Waals surface area contributed by atoms with E-state index in [1.54, 1.807) is 0 Å². The molecule has 0 radical (unpaired) electrons. The van der Waals surface area contributed by atoms with Gasteiger partial charge in [0.1, 0.15) is 5.75 Å². The average Bonchev–Trinajstić information content (AvgIpc) is 3.29. The second-order valence-electron chi connectivity index (χ2n) is 11.2. The van der Waals surface area contributed by atoms with Gasteiger partial charge in [-0.05, 0) is 86.9 Å². The number of imidazole rings is 1. The lowest BCUT2D eigenvalue weighted by atomic mass is 10.1. The van der Waals surface area contributed by atoms with Crippen molar-refractivity contribution in [3.05, 3.63) is 54.9 Å². The number of ether oxygens (including phenoxy) is 1. The van der Waals surface area contributed by atoms with Gasteiger partial charge in [0.15, 0.2) is 5.65 Å². The van der Waals surface area contributed by atoms with Crippen molar-refractivity contribution >= 4 is 17.3 Å². The van der Waals surface area contributed by atoms with Crippen molar-refractivity contribution in [2.45, 2.75) is 76.3 Å². The van der Waals surface area contributed by atoms with Crippen molar-refractivity contribution in [1.82, 2.24) is 19.4 Å². The van der Waals surface area contributed by atoms with Crippen LogP contribution >= 0.6 is 0 Å². The van der Waals surface area contributed by atoms with Gasteiger partial charge >= 0.3 is 0 Å². The number of nitrogens with zero attached hydrogens (tertiary/aromatic N) is 4. The Balaban J connectivity index is 1.29. The second kappa shape index (κ2) is 10.3. The van der Waals surface area contributed by atoms with Crippen LogP contribution in [0.5, 0.6) is 5.75 Å². The molecule has 0 amide bonds. The Morgan fingerprint density at radius 1 is 0.816 bits per heavy atom. The number of fused-ring (bicyclic) bond motifs is 1. The summed E-state index contributed by atoms with van der Waals surface area (Å²) in [5.74, 6) is 2.34. The molecule has 0 aliphatic heterocycles. The minimum absolute atomic E-state index is 0.456. The largest absolute Gasteiger partial charge is 0.493 e. The van der Waals surface area contributed by atoms with Crippen LogP contribution in [-0.4, -0.2) is 38.0 Å². The number of benzene rings is 1. The Hall–Kier alpha value is -3.61. The van der Waals surface area contributed by atoms with Crippen molar-refractivity contribution in [2.24, 2.45) is 5.92 Å². The molecule has 3 saturated carbocycles. The van der Waals surface area contributed by atoms with E-state index in [1.165, 1.54) is 64.2 Å². The molecule has 0 atom stereocenters. The first-order valence-electron chi connectivity index (χ1n) is 14.4. The van der Waals surface area contributed by atoms with Crippen LogP contribution in [0.4, 0.5) is 11.6 Å². The van der Waals surface area contributed by atoms with Crippen LogP contribution in [-0.2, 0) is 0 Å². The molecule has 0 unspecified atom stereocenters. The van der Waals surface area contributed by atoms with Gasteiger partial charge in [-0.2, -0.15) is 0 Å². The number of pyridine rings is 1. The molecule has 196 valence electrons. The maximum atomic E-state index is 6.00. The quantitative estimate of drug-likeness (QED) is 0.255. The molecule has 2 N–H and O–H groups in total. The molecule has 1 aromatic carbocycles. The number of nitrogens with one attached hydrogen (secondary N) is 2. The maximum Gasteiger partial charge on any atom is 0.223 e. The van der Waals surface area contributed by atoms with Gasteiger partial charge in [-0.3, -0.25) is 4.40 Å². The first kappa shape index (κ1) is 23.5. The standard InChI is InChI=1S/C31H36N6O/c1-2-7-23(6-1)33-27-10-5-19-37-29(26-17-18-32-31(35-26)34-24-8-3-4-9-24)28(36-30(27)37)22-13-15-25(16-14-22)38-20-21-11-12-21/h5,10,13-19,21,23-24,33H,1-4,6-9,11-12,20H2,(H,32,34,35). The van der Waals surface area contributed by atoms with Crippen molar-refractivity contribution in [1.29, 1.82) is 0 Å². The average molecular weight is 509 g/mol. The SMILES string of the molecule is c1cc(NC2CCCC2)c2nc(-c3ccc(OCC4CC4)cc3)c(-c3ccnc(NC4CCCC4)n3)n2c1. The van der Waals surface area contributed by atoms with Crippen LogP contribution in [0, 0.1) is 5.92 Å². The van der Waals surface area contributed by atoms with Gasteiger partial charge < -0.3 is 15.4 Å². The zero-order valence-corrected chi connectivity index (χ0v) is 21.9. The van der Waals surface area contributed by atoms with Gasteiger partial charge in [-0.15, -0.1) is 0 Å². The van der Waals surface area contributed by atoms with Gasteiger partial charge in [0.25, 0.3) is 0 Å². The molecule has 7 nitrogen and oxygen atoms in total. The minimum atomic E-state index is 0.456. The van der Waals surface area contributed by atoms with E-state index in [2.05, 4.69) is 62.6 Å². The van der Waals surface area contributed by atoms with Crippen molar-refractivity contribution in [3.63, 3.8) is 0 Å². The lowest BCUT2D eigenvalue weighted by molar-refractivity contribution is 0.300. The van der Waals surface area contributed by atoms with Crippen LogP contribution in [0.1, 0.15) is 64.2 Å². The first-order chi connectivity index (χ1) is 18.8.